The number of hydrogen-bond acceptors (Lipinski definition) is 4. The van der Waals surface area contributed by atoms with Gasteiger partial charge in [0.25, 0.3) is 0 Å². The highest BCUT2D eigenvalue weighted by Gasteiger charge is 2.25. The van der Waals surface area contributed by atoms with Gasteiger partial charge in [-0.2, -0.15) is 0 Å². The molecular formula is C11H13NO5S. The second kappa shape index (κ2) is 4.49. The second-order valence-electron chi connectivity index (χ2n) is 4.21. The molecule has 7 heteroatoms. The summed E-state index contributed by atoms with van der Waals surface area (Å²) in [6.07, 6.45) is 2.87. The van der Waals surface area contributed by atoms with Crippen LogP contribution in [-0.4, -0.2) is 31.9 Å². The summed E-state index contributed by atoms with van der Waals surface area (Å²) in [6, 6.07) is 4.05. The highest BCUT2D eigenvalue weighted by Crippen LogP contribution is 2.33. The summed E-state index contributed by atoms with van der Waals surface area (Å²) in [4.78, 5) is 10.9. The van der Waals surface area contributed by atoms with Crippen LogP contribution in [0.25, 0.3) is 0 Å². The highest BCUT2D eigenvalue weighted by molar-refractivity contribution is 7.92. The van der Waals surface area contributed by atoms with Gasteiger partial charge in [0, 0.05) is 0 Å². The third-order valence-corrected chi connectivity index (χ3v) is 2.93. The minimum Gasteiger partial charge on any atom is -0.488 e. The van der Waals surface area contributed by atoms with Gasteiger partial charge in [-0.05, 0) is 31.0 Å². The van der Waals surface area contributed by atoms with E-state index in [1.165, 1.54) is 18.2 Å². The van der Waals surface area contributed by atoms with Crippen LogP contribution in [0.3, 0.4) is 0 Å². The minimum atomic E-state index is -3.43. The number of carbonyl (C=O) groups is 1. The van der Waals surface area contributed by atoms with E-state index in [2.05, 4.69) is 4.72 Å². The van der Waals surface area contributed by atoms with Gasteiger partial charge in [0.05, 0.1) is 23.6 Å². The smallest absolute Gasteiger partial charge is 0.335 e. The van der Waals surface area contributed by atoms with Crippen molar-refractivity contribution in [2.45, 2.75) is 18.9 Å². The van der Waals surface area contributed by atoms with E-state index >= 15 is 0 Å². The van der Waals surface area contributed by atoms with E-state index in [1.807, 2.05) is 0 Å². The maximum Gasteiger partial charge on any atom is 0.335 e. The Hall–Kier alpha value is -1.76. The molecule has 0 heterocycles. The largest absolute Gasteiger partial charge is 0.488 e. The zero-order chi connectivity index (χ0) is 13.3. The lowest BCUT2D eigenvalue weighted by molar-refractivity contribution is 0.0696. The number of anilines is 1. The molecule has 0 bridgehead atoms. The Morgan fingerprint density at radius 3 is 2.61 bits per heavy atom. The summed E-state index contributed by atoms with van der Waals surface area (Å²) < 4.78 is 30.2. The van der Waals surface area contributed by atoms with Crippen molar-refractivity contribution in [1.29, 1.82) is 0 Å². The number of ether oxygens (including phenoxy) is 1. The molecule has 1 fully saturated rings. The lowest BCUT2D eigenvalue weighted by Gasteiger charge is -2.12. The molecule has 0 spiro atoms. The molecule has 18 heavy (non-hydrogen) atoms. The van der Waals surface area contributed by atoms with E-state index in [0.717, 1.165) is 19.1 Å². The maximum atomic E-state index is 11.2. The zero-order valence-corrected chi connectivity index (χ0v) is 10.5. The molecule has 0 amide bonds. The average molecular weight is 271 g/mol. The molecule has 1 aromatic rings. The second-order valence-corrected chi connectivity index (χ2v) is 5.96. The number of benzene rings is 1. The van der Waals surface area contributed by atoms with Crippen LogP contribution in [0.2, 0.25) is 0 Å². The molecule has 98 valence electrons. The van der Waals surface area contributed by atoms with Gasteiger partial charge in [0.1, 0.15) is 5.75 Å². The Morgan fingerprint density at radius 1 is 1.44 bits per heavy atom. The summed E-state index contributed by atoms with van der Waals surface area (Å²) in [5.74, 6) is -0.829. The SMILES string of the molecule is CS(=O)(=O)Nc1ccc(C(=O)O)cc1OC1CC1. The van der Waals surface area contributed by atoms with Gasteiger partial charge in [-0.25, -0.2) is 13.2 Å². The van der Waals surface area contributed by atoms with Crippen LogP contribution in [0.1, 0.15) is 23.2 Å². The van der Waals surface area contributed by atoms with Crippen LogP contribution in [0.5, 0.6) is 5.75 Å². The number of sulfonamides is 1. The maximum absolute atomic E-state index is 11.2. The Labute approximate surface area is 105 Å². The van der Waals surface area contributed by atoms with Gasteiger partial charge in [-0.1, -0.05) is 0 Å². The molecule has 0 saturated heterocycles. The number of nitrogens with one attached hydrogen (secondary N) is 1. The Bertz CT molecular complexity index is 577. The highest BCUT2D eigenvalue weighted by atomic mass is 32.2. The van der Waals surface area contributed by atoms with Gasteiger partial charge in [0.2, 0.25) is 10.0 Å². The van der Waals surface area contributed by atoms with Crippen molar-refractivity contribution < 1.29 is 23.1 Å². The number of aromatic carboxylic acids is 1. The molecule has 1 saturated carbocycles. The normalized spacial score (nSPS) is 15.2. The quantitative estimate of drug-likeness (QED) is 0.842. The molecule has 2 rings (SSSR count). The first kappa shape index (κ1) is 12.7. The van der Waals surface area contributed by atoms with Crippen LogP contribution in [0.15, 0.2) is 18.2 Å². The number of hydrogen-bond donors (Lipinski definition) is 2. The molecule has 0 aliphatic heterocycles. The van der Waals surface area contributed by atoms with Gasteiger partial charge in [-0.15, -0.1) is 0 Å². The van der Waals surface area contributed by atoms with Gasteiger partial charge in [0.15, 0.2) is 0 Å². The van der Waals surface area contributed by atoms with Crippen molar-refractivity contribution in [3.63, 3.8) is 0 Å². The van der Waals surface area contributed by atoms with Crippen LogP contribution >= 0.6 is 0 Å². The van der Waals surface area contributed by atoms with Crippen molar-refractivity contribution in [2.24, 2.45) is 0 Å². The zero-order valence-electron chi connectivity index (χ0n) is 9.71. The van der Waals surface area contributed by atoms with Crippen molar-refractivity contribution in [3.05, 3.63) is 23.8 Å². The third kappa shape index (κ3) is 3.36. The van der Waals surface area contributed by atoms with Gasteiger partial charge in [-0.3, -0.25) is 4.72 Å². The fourth-order valence-electron chi connectivity index (χ4n) is 1.40. The molecule has 0 radical (unpaired) electrons. The van der Waals surface area contributed by atoms with Gasteiger partial charge < -0.3 is 9.84 Å². The van der Waals surface area contributed by atoms with Crippen molar-refractivity contribution >= 4 is 21.7 Å². The summed E-state index contributed by atoms with van der Waals surface area (Å²) in [6.45, 7) is 0. The van der Waals surface area contributed by atoms with Crippen LogP contribution in [0, 0.1) is 0 Å². The lowest BCUT2D eigenvalue weighted by Crippen LogP contribution is -2.12. The molecule has 1 aromatic carbocycles. The minimum absolute atomic E-state index is 0.0501. The molecule has 2 N–H and O–H groups in total. The molecule has 1 aliphatic rings. The molecular weight excluding hydrogens is 258 g/mol. The molecule has 1 aliphatic carbocycles. The van der Waals surface area contributed by atoms with E-state index in [9.17, 15) is 13.2 Å². The van der Waals surface area contributed by atoms with E-state index in [0.29, 0.717) is 0 Å². The van der Waals surface area contributed by atoms with Crippen LogP contribution in [-0.2, 0) is 10.0 Å². The fourth-order valence-corrected chi connectivity index (χ4v) is 1.97. The molecule has 0 aromatic heterocycles. The third-order valence-electron chi connectivity index (χ3n) is 2.34. The summed E-state index contributed by atoms with van der Waals surface area (Å²) in [7, 11) is -3.43. The first-order valence-electron chi connectivity index (χ1n) is 5.37. The Morgan fingerprint density at radius 2 is 2.11 bits per heavy atom. The Kier molecular flexibility index (Phi) is 3.16. The monoisotopic (exact) mass is 271 g/mol. The van der Waals surface area contributed by atoms with Crippen molar-refractivity contribution in [1.82, 2.24) is 0 Å². The average Bonchev–Trinajstić information content (AvgIpc) is 3.02. The van der Waals surface area contributed by atoms with Crippen LogP contribution < -0.4 is 9.46 Å². The summed E-state index contributed by atoms with van der Waals surface area (Å²) in [5, 5.41) is 8.89. The summed E-state index contributed by atoms with van der Waals surface area (Å²) >= 11 is 0. The topological polar surface area (TPSA) is 92.7 Å². The van der Waals surface area contributed by atoms with Crippen molar-refractivity contribution in [2.75, 3.05) is 11.0 Å². The Balaban J connectivity index is 2.34. The van der Waals surface area contributed by atoms with E-state index < -0.39 is 16.0 Å². The van der Waals surface area contributed by atoms with E-state index in [4.69, 9.17) is 9.84 Å². The predicted molar refractivity (Wildman–Crippen MR) is 65.5 cm³/mol. The first-order valence-corrected chi connectivity index (χ1v) is 7.26. The van der Waals surface area contributed by atoms with Gasteiger partial charge >= 0.3 is 5.97 Å². The molecule has 0 unspecified atom stereocenters. The van der Waals surface area contributed by atoms with Crippen LogP contribution in [0.4, 0.5) is 5.69 Å². The number of rotatable bonds is 5. The fraction of sp³-hybridized carbons (Fsp3) is 0.364. The van der Waals surface area contributed by atoms with E-state index in [-0.39, 0.29) is 23.1 Å². The standard InChI is InChI=1S/C11H13NO5S/c1-18(15,16)12-9-5-2-7(11(13)14)6-10(9)17-8-3-4-8/h2,5-6,8,12H,3-4H2,1H3,(H,13,14). The predicted octanol–water partition coefficient (Wildman–Crippen LogP) is 1.30. The lowest BCUT2D eigenvalue weighted by atomic mass is 10.2. The molecule has 0 atom stereocenters. The molecule has 6 nitrogen and oxygen atoms in total. The number of carboxylic acid groups (broad SMARTS) is 1. The number of carboxylic acids is 1. The van der Waals surface area contributed by atoms with E-state index in [1.54, 1.807) is 0 Å². The summed E-state index contributed by atoms with van der Waals surface area (Å²) in [5.41, 5.74) is 0.319. The first-order chi connectivity index (χ1) is 8.35. The van der Waals surface area contributed by atoms with Crippen molar-refractivity contribution in [3.8, 4) is 5.75 Å².